The molecule has 0 aliphatic carbocycles. The molecule has 0 radical (unpaired) electrons. The van der Waals surface area contributed by atoms with Gasteiger partial charge >= 0.3 is 0 Å². The van der Waals surface area contributed by atoms with Crippen molar-refractivity contribution >= 4 is 15.9 Å². The molecule has 0 fully saturated rings. The highest BCUT2D eigenvalue weighted by Crippen LogP contribution is 2.28. The normalized spacial score (nSPS) is 12.4. The molecule has 2 aromatic carbocycles. The van der Waals surface area contributed by atoms with Crippen molar-refractivity contribution in [3.63, 3.8) is 0 Å². The summed E-state index contributed by atoms with van der Waals surface area (Å²) in [6.07, 6.45) is 1.03. The molecule has 0 heterocycles. The molecular formula is C17H19Br. The van der Waals surface area contributed by atoms with Crippen LogP contribution >= 0.6 is 15.9 Å². The zero-order valence-corrected chi connectivity index (χ0v) is 12.8. The Labute approximate surface area is 118 Å². The van der Waals surface area contributed by atoms with Crippen molar-refractivity contribution in [2.75, 3.05) is 0 Å². The molecule has 0 spiro atoms. The monoisotopic (exact) mass is 302 g/mol. The van der Waals surface area contributed by atoms with Gasteiger partial charge in [-0.15, -0.1) is 0 Å². The van der Waals surface area contributed by atoms with Crippen molar-refractivity contribution in [1.82, 2.24) is 0 Å². The van der Waals surface area contributed by atoms with E-state index in [1.54, 1.807) is 0 Å². The van der Waals surface area contributed by atoms with E-state index in [1.807, 2.05) is 0 Å². The molecule has 0 bridgehead atoms. The van der Waals surface area contributed by atoms with Crippen LogP contribution in [0.1, 0.15) is 32.6 Å². The summed E-state index contributed by atoms with van der Waals surface area (Å²) in [5, 5.41) is 0. The number of benzene rings is 2. The van der Waals surface area contributed by atoms with Crippen molar-refractivity contribution in [2.24, 2.45) is 0 Å². The van der Waals surface area contributed by atoms with Crippen LogP contribution in [0.4, 0.5) is 0 Å². The first-order valence-corrected chi connectivity index (χ1v) is 7.24. The summed E-state index contributed by atoms with van der Waals surface area (Å²) < 4.78 is 0. The Morgan fingerprint density at radius 1 is 0.944 bits per heavy atom. The maximum Gasteiger partial charge on any atom is 0.0435 e. The van der Waals surface area contributed by atoms with Gasteiger partial charge in [0.25, 0.3) is 0 Å². The minimum atomic E-state index is 0.388. The third-order valence-electron chi connectivity index (χ3n) is 3.39. The maximum absolute atomic E-state index is 3.80. The lowest BCUT2D eigenvalue weighted by atomic mass is 10.00. The lowest BCUT2D eigenvalue weighted by molar-refractivity contribution is 0.943. The van der Waals surface area contributed by atoms with Gasteiger partial charge in [0.15, 0.2) is 0 Å². The van der Waals surface area contributed by atoms with E-state index in [9.17, 15) is 0 Å². The van der Waals surface area contributed by atoms with Crippen LogP contribution in [0.3, 0.4) is 0 Å². The highest BCUT2D eigenvalue weighted by atomic mass is 79.9. The molecule has 1 heteroatoms. The second-order valence-electron chi connectivity index (χ2n) is 5.00. The minimum Gasteiger partial charge on any atom is -0.0835 e. The Bertz CT molecular complexity index is 543. The molecular weight excluding hydrogens is 284 g/mol. The van der Waals surface area contributed by atoms with Crippen LogP contribution in [0.5, 0.6) is 0 Å². The predicted molar refractivity (Wildman–Crippen MR) is 82.5 cm³/mol. The second kappa shape index (κ2) is 5.71. The number of aryl methyl sites for hydroxylation is 3. The van der Waals surface area contributed by atoms with Crippen LogP contribution in [0.15, 0.2) is 42.5 Å². The van der Waals surface area contributed by atoms with Crippen LogP contribution < -0.4 is 0 Å². The van der Waals surface area contributed by atoms with E-state index in [2.05, 4.69) is 79.2 Å². The molecule has 1 unspecified atom stereocenters. The van der Waals surface area contributed by atoms with Gasteiger partial charge in [-0.25, -0.2) is 0 Å². The fraction of sp³-hybridized carbons (Fsp3) is 0.294. The maximum atomic E-state index is 3.80. The zero-order chi connectivity index (χ0) is 13.1. The van der Waals surface area contributed by atoms with Crippen molar-refractivity contribution in [2.45, 2.75) is 32.0 Å². The summed E-state index contributed by atoms with van der Waals surface area (Å²) in [4.78, 5) is 0.388. The van der Waals surface area contributed by atoms with E-state index in [4.69, 9.17) is 0 Å². The van der Waals surface area contributed by atoms with Gasteiger partial charge in [-0.1, -0.05) is 64.0 Å². The van der Waals surface area contributed by atoms with Gasteiger partial charge in [-0.3, -0.25) is 0 Å². The molecule has 0 saturated heterocycles. The summed E-state index contributed by atoms with van der Waals surface area (Å²) in [6.45, 7) is 6.47. The van der Waals surface area contributed by atoms with Crippen molar-refractivity contribution in [1.29, 1.82) is 0 Å². The van der Waals surface area contributed by atoms with Gasteiger partial charge in [-0.2, -0.15) is 0 Å². The van der Waals surface area contributed by atoms with Gasteiger partial charge in [0.2, 0.25) is 0 Å². The standard InChI is InChI=1S/C17H19Br/c1-12-5-4-6-16(9-12)17(18)11-15-8-7-13(2)14(3)10-15/h4-10,17H,11H2,1-3H3. The van der Waals surface area contributed by atoms with Crippen LogP contribution in [-0.2, 0) is 6.42 Å². The molecule has 1 atom stereocenters. The lowest BCUT2D eigenvalue weighted by Gasteiger charge is -2.12. The Hall–Kier alpha value is -1.08. The molecule has 0 aliphatic heterocycles. The third-order valence-corrected chi connectivity index (χ3v) is 4.24. The lowest BCUT2D eigenvalue weighted by Crippen LogP contribution is -1.97. The molecule has 18 heavy (non-hydrogen) atoms. The van der Waals surface area contributed by atoms with Gasteiger partial charge in [0, 0.05) is 4.83 Å². The van der Waals surface area contributed by atoms with Crippen molar-refractivity contribution in [3.05, 3.63) is 70.3 Å². The van der Waals surface area contributed by atoms with Gasteiger partial charge < -0.3 is 0 Å². The predicted octanol–water partition coefficient (Wildman–Crippen LogP) is 5.29. The summed E-state index contributed by atoms with van der Waals surface area (Å²) in [6, 6.07) is 15.4. The van der Waals surface area contributed by atoms with Crippen LogP contribution in [0.2, 0.25) is 0 Å². The van der Waals surface area contributed by atoms with Gasteiger partial charge in [-0.05, 0) is 49.4 Å². The van der Waals surface area contributed by atoms with E-state index < -0.39 is 0 Å². The third kappa shape index (κ3) is 3.23. The Kier molecular flexibility index (Phi) is 4.23. The SMILES string of the molecule is Cc1cccc(C(Br)Cc2ccc(C)c(C)c2)c1. The molecule has 0 N–H and O–H groups in total. The molecule has 0 nitrogen and oxygen atoms in total. The first-order chi connectivity index (χ1) is 8.56. The highest BCUT2D eigenvalue weighted by Gasteiger charge is 2.09. The summed E-state index contributed by atoms with van der Waals surface area (Å²) in [5.41, 5.74) is 6.80. The van der Waals surface area contributed by atoms with Gasteiger partial charge in [0.1, 0.15) is 0 Å². The number of rotatable bonds is 3. The Morgan fingerprint density at radius 2 is 1.72 bits per heavy atom. The van der Waals surface area contributed by atoms with Gasteiger partial charge in [0.05, 0.1) is 0 Å². The molecule has 0 aliphatic rings. The molecule has 0 amide bonds. The quantitative estimate of drug-likeness (QED) is 0.676. The van der Waals surface area contributed by atoms with Crippen molar-refractivity contribution in [3.8, 4) is 0 Å². The molecule has 0 saturated carbocycles. The van der Waals surface area contributed by atoms with Crippen LogP contribution in [-0.4, -0.2) is 0 Å². The first-order valence-electron chi connectivity index (χ1n) is 6.33. The molecule has 94 valence electrons. The van der Waals surface area contributed by atoms with Crippen molar-refractivity contribution < 1.29 is 0 Å². The van der Waals surface area contributed by atoms with E-state index in [-0.39, 0.29) is 0 Å². The minimum absolute atomic E-state index is 0.388. The second-order valence-corrected chi connectivity index (χ2v) is 6.11. The summed E-state index contributed by atoms with van der Waals surface area (Å²) in [5.74, 6) is 0. The average molecular weight is 303 g/mol. The fourth-order valence-corrected chi connectivity index (χ4v) is 2.78. The Balaban J connectivity index is 2.16. The topological polar surface area (TPSA) is 0 Å². The first kappa shape index (κ1) is 13.4. The van der Waals surface area contributed by atoms with E-state index >= 15 is 0 Å². The zero-order valence-electron chi connectivity index (χ0n) is 11.2. The highest BCUT2D eigenvalue weighted by molar-refractivity contribution is 9.09. The molecule has 2 aromatic rings. The number of hydrogen-bond donors (Lipinski definition) is 0. The number of halogens is 1. The Morgan fingerprint density at radius 3 is 2.39 bits per heavy atom. The van der Waals surface area contributed by atoms with Crippen LogP contribution in [0.25, 0.3) is 0 Å². The summed E-state index contributed by atoms with van der Waals surface area (Å²) in [7, 11) is 0. The largest absolute Gasteiger partial charge is 0.0835 e. The molecule has 0 aromatic heterocycles. The summed E-state index contributed by atoms with van der Waals surface area (Å²) >= 11 is 3.80. The van der Waals surface area contributed by atoms with E-state index in [0.29, 0.717) is 4.83 Å². The smallest absolute Gasteiger partial charge is 0.0435 e. The molecule has 2 rings (SSSR count). The van der Waals surface area contributed by atoms with E-state index in [0.717, 1.165) is 6.42 Å². The van der Waals surface area contributed by atoms with E-state index in [1.165, 1.54) is 27.8 Å². The average Bonchev–Trinajstić information content (AvgIpc) is 2.34. The van der Waals surface area contributed by atoms with Crippen LogP contribution in [0, 0.1) is 20.8 Å². The number of hydrogen-bond acceptors (Lipinski definition) is 0. The fourth-order valence-electron chi connectivity index (χ4n) is 2.12. The number of alkyl halides is 1.